The van der Waals surface area contributed by atoms with Crippen LogP contribution >= 0.6 is 0 Å². The minimum atomic E-state index is -0.156. The van der Waals surface area contributed by atoms with Gasteiger partial charge < -0.3 is 9.84 Å². The second-order valence-corrected chi connectivity index (χ2v) is 5.87. The van der Waals surface area contributed by atoms with Crippen LogP contribution in [0.25, 0.3) is 0 Å². The summed E-state index contributed by atoms with van der Waals surface area (Å²) in [5.41, 5.74) is 1.68. The molecule has 1 aliphatic carbocycles. The van der Waals surface area contributed by atoms with Crippen LogP contribution in [0.2, 0.25) is 0 Å². The highest BCUT2D eigenvalue weighted by Crippen LogP contribution is 2.33. The number of ether oxygens (including phenoxy) is 1. The number of carbonyl (C=O) groups is 2. The van der Waals surface area contributed by atoms with Gasteiger partial charge in [-0.3, -0.25) is 9.59 Å². The fraction of sp³-hybridized carbons (Fsp3) is 0.300. The zero-order chi connectivity index (χ0) is 16.9. The maximum absolute atomic E-state index is 12.8. The SMILES string of the molecule is O=C1c2ccccc2C(=O)c2c(OCCCCCCO)cccc21. The number of hydrogen-bond acceptors (Lipinski definition) is 4. The molecule has 4 nitrogen and oxygen atoms in total. The molecule has 1 aliphatic rings. The Kier molecular flexibility index (Phi) is 5.06. The van der Waals surface area contributed by atoms with Gasteiger partial charge in [0.2, 0.25) is 0 Å². The van der Waals surface area contributed by atoms with Crippen LogP contribution in [0.5, 0.6) is 5.75 Å². The zero-order valence-corrected chi connectivity index (χ0v) is 13.5. The molecular formula is C20H20O4. The van der Waals surface area contributed by atoms with Crippen LogP contribution in [0, 0.1) is 0 Å². The first-order valence-corrected chi connectivity index (χ1v) is 8.29. The molecule has 0 radical (unpaired) electrons. The van der Waals surface area contributed by atoms with Crippen LogP contribution in [-0.2, 0) is 0 Å². The lowest BCUT2D eigenvalue weighted by atomic mass is 9.83. The number of carbonyl (C=O) groups excluding carboxylic acids is 2. The van der Waals surface area contributed by atoms with Crippen LogP contribution in [0.4, 0.5) is 0 Å². The smallest absolute Gasteiger partial charge is 0.198 e. The monoisotopic (exact) mass is 324 g/mol. The molecule has 3 rings (SSSR count). The maximum atomic E-state index is 12.8. The van der Waals surface area contributed by atoms with E-state index >= 15 is 0 Å². The predicted octanol–water partition coefficient (Wildman–Crippen LogP) is 3.39. The number of unbranched alkanes of at least 4 members (excludes halogenated alkanes) is 3. The third-order valence-corrected chi connectivity index (χ3v) is 4.22. The second kappa shape index (κ2) is 7.41. The number of aliphatic hydroxyl groups excluding tert-OH is 1. The standard InChI is InChI=1S/C20H20O4/c21-12-5-1-2-6-13-24-17-11-7-10-16-18(17)20(23)15-9-4-3-8-14(15)19(16)22/h3-4,7-11,21H,1-2,5-6,12-13H2. The van der Waals surface area contributed by atoms with Gasteiger partial charge in [-0.1, -0.05) is 42.8 Å². The number of ketones is 2. The summed E-state index contributed by atoms with van der Waals surface area (Å²) >= 11 is 0. The van der Waals surface area contributed by atoms with Crippen molar-refractivity contribution in [3.63, 3.8) is 0 Å². The predicted molar refractivity (Wildman–Crippen MR) is 90.8 cm³/mol. The highest BCUT2D eigenvalue weighted by molar-refractivity contribution is 6.29. The Morgan fingerprint density at radius 2 is 1.42 bits per heavy atom. The molecule has 0 aromatic heterocycles. The number of rotatable bonds is 7. The van der Waals surface area contributed by atoms with Crippen molar-refractivity contribution in [1.82, 2.24) is 0 Å². The molecule has 1 N–H and O–H groups in total. The Bertz CT molecular complexity index is 764. The van der Waals surface area contributed by atoms with Crippen molar-refractivity contribution in [3.05, 3.63) is 64.7 Å². The molecule has 24 heavy (non-hydrogen) atoms. The van der Waals surface area contributed by atoms with E-state index in [0.717, 1.165) is 25.7 Å². The minimum absolute atomic E-state index is 0.131. The van der Waals surface area contributed by atoms with Crippen LogP contribution in [0.3, 0.4) is 0 Å². The average molecular weight is 324 g/mol. The van der Waals surface area contributed by atoms with Crippen molar-refractivity contribution in [3.8, 4) is 5.75 Å². The van der Waals surface area contributed by atoms with Crippen LogP contribution in [0.15, 0.2) is 42.5 Å². The van der Waals surface area contributed by atoms with Crippen molar-refractivity contribution in [2.75, 3.05) is 13.2 Å². The summed E-state index contributed by atoms with van der Waals surface area (Å²) in [6.45, 7) is 0.702. The van der Waals surface area contributed by atoms with Gasteiger partial charge in [-0.25, -0.2) is 0 Å². The third kappa shape index (κ3) is 3.10. The lowest BCUT2D eigenvalue weighted by Crippen LogP contribution is -2.21. The number of aliphatic hydroxyl groups is 1. The van der Waals surface area contributed by atoms with Gasteiger partial charge in [-0.2, -0.15) is 0 Å². The lowest BCUT2D eigenvalue weighted by molar-refractivity contribution is 0.0975. The van der Waals surface area contributed by atoms with E-state index in [-0.39, 0.29) is 18.2 Å². The first-order chi connectivity index (χ1) is 11.7. The Morgan fingerprint density at radius 1 is 0.750 bits per heavy atom. The van der Waals surface area contributed by atoms with Crippen molar-refractivity contribution < 1.29 is 19.4 Å². The molecule has 0 atom stereocenters. The number of benzene rings is 2. The quantitative estimate of drug-likeness (QED) is 0.677. The fourth-order valence-electron chi connectivity index (χ4n) is 2.98. The molecular weight excluding hydrogens is 304 g/mol. The third-order valence-electron chi connectivity index (χ3n) is 4.22. The van der Waals surface area contributed by atoms with E-state index in [1.54, 1.807) is 42.5 Å². The van der Waals surface area contributed by atoms with Crippen LogP contribution in [0.1, 0.15) is 57.5 Å². The first kappa shape index (κ1) is 16.4. The van der Waals surface area contributed by atoms with Gasteiger partial charge in [-0.05, 0) is 25.3 Å². The van der Waals surface area contributed by atoms with Gasteiger partial charge in [0.05, 0.1) is 12.2 Å². The Hall–Kier alpha value is -2.46. The van der Waals surface area contributed by atoms with E-state index in [1.165, 1.54) is 0 Å². The van der Waals surface area contributed by atoms with Gasteiger partial charge in [0, 0.05) is 23.3 Å². The average Bonchev–Trinajstić information content (AvgIpc) is 2.62. The highest BCUT2D eigenvalue weighted by atomic mass is 16.5. The fourth-order valence-corrected chi connectivity index (χ4v) is 2.98. The van der Waals surface area contributed by atoms with Crippen LogP contribution in [-0.4, -0.2) is 29.9 Å². The molecule has 0 saturated heterocycles. The Morgan fingerprint density at radius 3 is 2.17 bits per heavy atom. The van der Waals surface area contributed by atoms with Crippen LogP contribution < -0.4 is 4.74 Å². The van der Waals surface area contributed by atoms with Crippen molar-refractivity contribution in [2.24, 2.45) is 0 Å². The Labute approximate surface area is 141 Å². The molecule has 0 unspecified atom stereocenters. The van der Waals surface area contributed by atoms with Crippen molar-refractivity contribution >= 4 is 11.6 Å². The van der Waals surface area contributed by atoms with E-state index < -0.39 is 0 Å². The molecule has 0 spiro atoms. The minimum Gasteiger partial charge on any atom is -0.493 e. The molecule has 2 aromatic rings. The lowest BCUT2D eigenvalue weighted by Gasteiger charge is -2.20. The van der Waals surface area contributed by atoms with Crippen molar-refractivity contribution in [2.45, 2.75) is 25.7 Å². The molecule has 0 bridgehead atoms. The molecule has 0 heterocycles. The molecule has 0 saturated carbocycles. The normalized spacial score (nSPS) is 12.7. The van der Waals surface area contributed by atoms with Crippen molar-refractivity contribution in [1.29, 1.82) is 0 Å². The van der Waals surface area contributed by atoms with Gasteiger partial charge in [0.15, 0.2) is 11.6 Å². The summed E-state index contributed by atoms with van der Waals surface area (Å²) < 4.78 is 5.78. The Balaban J connectivity index is 1.80. The zero-order valence-electron chi connectivity index (χ0n) is 13.5. The molecule has 0 aliphatic heterocycles. The summed E-state index contributed by atoms with van der Waals surface area (Å²) in [5.74, 6) is 0.187. The van der Waals surface area contributed by atoms with Gasteiger partial charge in [0.25, 0.3) is 0 Å². The van der Waals surface area contributed by atoms with Gasteiger partial charge in [-0.15, -0.1) is 0 Å². The molecule has 0 amide bonds. The topological polar surface area (TPSA) is 63.6 Å². The van der Waals surface area contributed by atoms with E-state index in [2.05, 4.69) is 0 Å². The number of hydrogen-bond donors (Lipinski definition) is 1. The summed E-state index contributed by atoms with van der Waals surface area (Å²) in [5, 5.41) is 8.77. The molecule has 2 aromatic carbocycles. The largest absolute Gasteiger partial charge is 0.493 e. The maximum Gasteiger partial charge on any atom is 0.198 e. The first-order valence-electron chi connectivity index (χ1n) is 8.29. The van der Waals surface area contributed by atoms with Gasteiger partial charge in [0.1, 0.15) is 5.75 Å². The summed E-state index contributed by atoms with van der Waals surface area (Å²) in [6.07, 6.45) is 3.57. The summed E-state index contributed by atoms with van der Waals surface area (Å²) in [6, 6.07) is 12.1. The van der Waals surface area contributed by atoms with E-state index in [1.807, 2.05) is 0 Å². The summed E-state index contributed by atoms with van der Waals surface area (Å²) in [7, 11) is 0. The second-order valence-electron chi connectivity index (χ2n) is 5.87. The van der Waals surface area contributed by atoms with E-state index in [9.17, 15) is 9.59 Å². The van der Waals surface area contributed by atoms with Gasteiger partial charge >= 0.3 is 0 Å². The molecule has 0 fully saturated rings. The highest BCUT2D eigenvalue weighted by Gasteiger charge is 2.31. The summed E-state index contributed by atoms with van der Waals surface area (Å²) in [4.78, 5) is 25.4. The molecule has 124 valence electrons. The van der Waals surface area contributed by atoms with E-state index in [0.29, 0.717) is 34.6 Å². The van der Waals surface area contributed by atoms with E-state index in [4.69, 9.17) is 9.84 Å². The number of fused-ring (bicyclic) bond motifs is 2. The molecule has 4 heteroatoms.